The predicted octanol–water partition coefficient (Wildman–Crippen LogP) is 2.81. The first-order chi connectivity index (χ1) is 9.49. The lowest BCUT2D eigenvalue weighted by Gasteiger charge is -2.32. The van der Waals surface area contributed by atoms with Crippen LogP contribution in [0.15, 0.2) is 18.2 Å². The van der Waals surface area contributed by atoms with Gasteiger partial charge in [-0.3, -0.25) is 9.59 Å². The number of carboxylic acids is 1. The van der Waals surface area contributed by atoms with E-state index in [0.29, 0.717) is 13.1 Å². The number of aliphatic carboxylic acids is 1. The fourth-order valence-corrected chi connectivity index (χ4v) is 2.68. The van der Waals surface area contributed by atoms with Gasteiger partial charge in [-0.1, -0.05) is 17.7 Å². The molecular weight excluding hydrogens is 285 g/mol. The summed E-state index contributed by atoms with van der Waals surface area (Å²) in [5.74, 6) is -2.11. The number of halogens is 2. The van der Waals surface area contributed by atoms with Gasteiger partial charge < -0.3 is 10.0 Å². The van der Waals surface area contributed by atoms with E-state index in [1.165, 1.54) is 23.1 Å². The minimum Gasteiger partial charge on any atom is -0.481 e. The number of carbonyl (C=O) groups excluding carboxylic acids is 1. The van der Waals surface area contributed by atoms with Gasteiger partial charge in [-0.25, -0.2) is 4.39 Å². The van der Waals surface area contributed by atoms with Crippen LogP contribution in [0, 0.1) is 11.7 Å². The summed E-state index contributed by atoms with van der Waals surface area (Å²) in [6.45, 7) is 0.859. The largest absolute Gasteiger partial charge is 0.481 e. The number of likely N-dealkylation sites (tertiary alicyclic amines) is 1. The second-order valence-corrected chi connectivity index (χ2v) is 5.37. The molecule has 108 valence electrons. The fourth-order valence-electron chi connectivity index (χ4n) is 2.50. The maximum Gasteiger partial charge on any atom is 0.303 e. The van der Waals surface area contributed by atoms with E-state index in [4.69, 9.17) is 16.7 Å². The van der Waals surface area contributed by atoms with Crippen molar-refractivity contribution in [2.75, 3.05) is 13.1 Å². The number of hydrogen-bond acceptors (Lipinski definition) is 2. The SMILES string of the molecule is O=C(O)CC1CCCN(C(=O)c2cccc(Cl)c2F)C1. The van der Waals surface area contributed by atoms with Crippen LogP contribution in [0.1, 0.15) is 29.6 Å². The number of carbonyl (C=O) groups is 2. The van der Waals surface area contributed by atoms with Crippen molar-refractivity contribution >= 4 is 23.5 Å². The molecule has 6 heteroatoms. The highest BCUT2D eigenvalue weighted by molar-refractivity contribution is 6.31. The normalized spacial score (nSPS) is 18.9. The zero-order valence-corrected chi connectivity index (χ0v) is 11.6. The van der Waals surface area contributed by atoms with Crippen molar-refractivity contribution in [3.63, 3.8) is 0 Å². The molecule has 1 fully saturated rings. The first kappa shape index (κ1) is 14.8. The number of hydrogen-bond donors (Lipinski definition) is 1. The van der Waals surface area contributed by atoms with E-state index in [9.17, 15) is 14.0 Å². The molecule has 0 saturated carbocycles. The lowest BCUT2D eigenvalue weighted by molar-refractivity contribution is -0.138. The van der Waals surface area contributed by atoms with Crippen LogP contribution in [0.3, 0.4) is 0 Å². The minimum absolute atomic E-state index is 0.0296. The van der Waals surface area contributed by atoms with E-state index in [1.807, 2.05) is 0 Å². The van der Waals surface area contributed by atoms with Crippen LogP contribution in [0.2, 0.25) is 5.02 Å². The van der Waals surface area contributed by atoms with Crippen molar-refractivity contribution in [3.8, 4) is 0 Å². The fraction of sp³-hybridized carbons (Fsp3) is 0.429. The molecule has 0 aliphatic carbocycles. The number of benzene rings is 1. The Balaban J connectivity index is 2.12. The van der Waals surface area contributed by atoms with Gasteiger partial charge in [0.2, 0.25) is 0 Å². The molecule has 1 aromatic rings. The Morgan fingerprint density at radius 2 is 2.20 bits per heavy atom. The molecule has 20 heavy (non-hydrogen) atoms. The molecule has 0 radical (unpaired) electrons. The summed E-state index contributed by atoms with van der Waals surface area (Å²) in [6, 6.07) is 4.30. The van der Waals surface area contributed by atoms with E-state index in [0.717, 1.165) is 12.8 Å². The van der Waals surface area contributed by atoms with Crippen molar-refractivity contribution in [2.24, 2.45) is 5.92 Å². The lowest BCUT2D eigenvalue weighted by atomic mass is 9.94. The molecule has 1 amide bonds. The molecule has 4 nitrogen and oxygen atoms in total. The smallest absolute Gasteiger partial charge is 0.303 e. The van der Waals surface area contributed by atoms with Gasteiger partial charge in [0.15, 0.2) is 5.82 Å². The molecule has 1 unspecified atom stereocenters. The van der Waals surface area contributed by atoms with Gasteiger partial charge in [0, 0.05) is 19.5 Å². The van der Waals surface area contributed by atoms with Gasteiger partial charge in [0.25, 0.3) is 5.91 Å². The monoisotopic (exact) mass is 299 g/mol. The van der Waals surface area contributed by atoms with E-state index in [2.05, 4.69) is 0 Å². The third-order valence-electron chi connectivity index (χ3n) is 3.45. The van der Waals surface area contributed by atoms with E-state index in [-0.39, 0.29) is 22.9 Å². The highest BCUT2D eigenvalue weighted by Crippen LogP contribution is 2.24. The number of amides is 1. The van der Waals surface area contributed by atoms with Crippen molar-refractivity contribution in [2.45, 2.75) is 19.3 Å². The van der Waals surface area contributed by atoms with Crippen LogP contribution in [0.25, 0.3) is 0 Å². The van der Waals surface area contributed by atoms with Crippen molar-refractivity contribution in [1.82, 2.24) is 4.90 Å². The lowest BCUT2D eigenvalue weighted by Crippen LogP contribution is -2.40. The van der Waals surface area contributed by atoms with Crippen molar-refractivity contribution in [3.05, 3.63) is 34.6 Å². The van der Waals surface area contributed by atoms with Gasteiger partial charge in [0.05, 0.1) is 10.6 Å². The first-order valence-electron chi connectivity index (χ1n) is 6.44. The minimum atomic E-state index is -0.877. The second kappa shape index (κ2) is 6.22. The summed E-state index contributed by atoms with van der Waals surface area (Å²) in [7, 11) is 0. The Kier molecular flexibility index (Phi) is 4.60. The molecule has 1 heterocycles. The maximum absolute atomic E-state index is 13.8. The van der Waals surface area contributed by atoms with Crippen LogP contribution >= 0.6 is 11.6 Å². The molecule has 0 spiro atoms. The van der Waals surface area contributed by atoms with Crippen molar-refractivity contribution in [1.29, 1.82) is 0 Å². The molecular formula is C14H15ClFNO3. The highest BCUT2D eigenvalue weighted by atomic mass is 35.5. The van der Waals surface area contributed by atoms with Crippen LogP contribution in [0.5, 0.6) is 0 Å². The molecule has 1 aliphatic rings. The van der Waals surface area contributed by atoms with Gasteiger partial charge >= 0.3 is 5.97 Å². The topological polar surface area (TPSA) is 57.6 Å². The van der Waals surface area contributed by atoms with Gasteiger partial charge in [-0.15, -0.1) is 0 Å². The average molecular weight is 300 g/mol. The second-order valence-electron chi connectivity index (χ2n) is 4.96. The quantitative estimate of drug-likeness (QED) is 0.933. The molecule has 1 N–H and O–H groups in total. The first-order valence-corrected chi connectivity index (χ1v) is 6.82. The summed E-state index contributed by atoms with van der Waals surface area (Å²) < 4.78 is 13.8. The van der Waals surface area contributed by atoms with Gasteiger partial charge in [0.1, 0.15) is 0 Å². The maximum atomic E-state index is 13.8. The summed E-state index contributed by atoms with van der Waals surface area (Å²) in [6.07, 6.45) is 1.53. The number of nitrogens with zero attached hydrogens (tertiary/aromatic N) is 1. The molecule has 0 bridgehead atoms. The van der Waals surface area contributed by atoms with Crippen LogP contribution in [-0.2, 0) is 4.79 Å². The highest BCUT2D eigenvalue weighted by Gasteiger charge is 2.27. The molecule has 1 saturated heterocycles. The molecule has 1 aliphatic heterocycles. The predicted molar refractivity (Wildman–Crippen MR) is 72.3 cm³/mol. The Morgan fingerprint density at radius 3 is 2.90 bits per heavy atom. The number of piperidine rings is 1. The summed E-state index contributed by atoms with van der Waals surface area (Å²) in [5.41, 5.74) is -0.0616. The number of rotatable bonds is 3. The third-order valence-corrected chi connectivity index (χ3v) is 3.74. The van der Waals surface area contributed by atoms with Gasteiger partial charge in [-0.2, -0.15) is 0 Å². The van der Waals surface area contributed by atoms with E-state index >= 15 is 0 Å². The molecule has 1 atom stereocenters. The molecule has 0 aromatic heterocycles. The van der Waals surface area contributed by atoms with E-state index < -0.39 is 17.7 Å². The molecule has 1 aromatic carbocycles. The average Bonchev–Trinajstić information content (AvgIpc) is 2.41. The molecule has 2 rings (SSSR count). The summed E-state index contributed by atoms with van der Waals surface area (Å²) in [5, 5.41) is 8.72. The van der Waals surface area contributed by atoms with Crippen LogP contribution < -0.4 is 0 Å². The Bertz CT molecular complexity index is 535. The third kappa shape index (κ3) is 3.28. The zero-order valence-electron chi connectivity index (χ0n) is 10.8. The summed E-state index contributed by atoms with van der Waals surface area (Å²) in [4.78, 5) is 24.5. The zero-order chi connectivity index (χ0) is 14.7. The Labute approximate surface area is 121 Å². The number of carboxylic acid groups (broad SMARTS) is 1. The van der Waals surface area contributed by atoms with Gasteiger partial charge in [-0.05, 0) is 30.9 Å². The van der Waals surface area contributed by atoms with Crippen LogP contribution in [-0.4, -0.2) is 35.0 Å². The van der Waals surface area contributed by atoms with Crippen molar-refractivity contribution < 1.29 is 19.1 Å². The standard InChI is InChI=1S/C14H15ClFNO3/c15-11-5-1-4-10(13(11)16)14(20)17-6-2-3-9(8-17)7-12(18)19/h1,4-5,9H,2-3,6-8H2,(H,18,19). The summed E-state index contributed by atoms with van der Waals surface area (Å²) >= 11 is 5.67. The van der Waals surface area contributed by atoms with E-state index in [1.54, 1.807) is 0 Å². The Hall–Kier alpha value is -1.62. The Morgan fingerprint density at radius 1 is 1.45 bits per heavy atom. The van der Waals surface area contributed by atoms with Crippen LogP contribution in [0.4, 0.5) is 4.39 Å².